The first-order valence-electron chi connectivity index (χ1n) is 8.15. The van der Waals surface area contributed by atoms with Gasteiger partial charge in [-0.2, -0.15) is 0 Å². The van der Waals surface area contributed by atoms with Crippen molar-refractivity contribution in [2.45, 2.75) is 0 Å². The Hall–Kier alpha value is -2.71. The highest BCUT2D eigenvalue weighted by Gasteiger charge is 2.20. The molecule has 0 saturated carbocycles. The standard InChI is InChI=1S/C17H18ClN5O3/c18-14-5-4-13(23(25)26)11-15(14)20-17(24)12-21-7-9-22(10-8-21)16-3-1-2-6-19-16/h1-6,11H,7-10,12H2,(H,20,24). The number of halogens is 1. The molecule has 9 heteroatoms. The molecule has 0 atom stereocenters. The van der Waals surface area contributed by atoms with Crippen molar-refractivity contribution in [2.24, 2.45) is 0 Å². The van der Waals surface area contributed by atoms with Gasteiger partial charge in [0, 0.05) is 44.5 Å². The second-order valence-electron chi connectivity index (χ2n) is 5.92. The molecule has 1 N–H and O–H groups in total. The minimum absolute atomic E-state index is 0.117. The van der Waals surface area contributed by atoms with Crippen molar-refractivity contribution >= 4 is 34.7 Å². The third-order valence-electron chi connectivity index (χ3n) is 4.15. The number of carbonyl (C=O) groups excluding carboxylic acids is 1. The monoisotopic (exact) mass is 375 g/mol. The van der Waals surface area contributed by atoms with Crippen molar-refractivity contribution in [1.82, 2.24) is 9.88 Å². The molecule has 1 aromatic heterocycles. The van der Waals surface area contributed by atoms with Crippen LogP contribution < -0.4 is 10.2 Å². The maximum Gasteiger partial charge on any atom is 0.271 e. The first-order chi connectivity index (χ1) is 12.5. The van der Waals surface area contributed by atoms with Crippen molar-refractivity contribution in [2.75, 3.05) is 42.9 Å². The summed E-state index contributed by atoms with van der Waals surface area (Å²) in [7, 11) is 0. The molecule has 1 saturated heterocycles. The quantitative estimate of drug-likeness (QED) is 0.637. The number of piperazine rings is 1. The highest BCUT2D eigenvalue weighted by molar-refractivity contribution is 6.33. The number of nitro groups is 1. The number of benzene rings is 1. The van der Waals surface area contributed by atoms with Crippen LogP contribution in [0.2, 0.25) is 5.02 Å². The summed E-state index contributed by atoms with van der Waals surface area (Å²) in [5.41, 5.74) is 0.131. The zero-order valence-corrected chi connectivity index (χ0v) is 14.7. The van der Waals surface area contributed by atoms with Gasteiger partial charge in [-0.1, -0.05) is 17.7 Å². The van der Waals surface area contributed by atoms with Gasteiger partial charge in [-0.15, -0.1) is 0 Å². The van der Waals surface area contributed by atoms with Gasteiger partial charge in [0.15, 0.2) is 0 Å². The summed E-state index contributed by atoms with van der Waals surface area (Å²) in [4.78, 5) is 31.1. The third-order valence-corrected chi connectivity index (χ3v) is 4.48. The second kappa shape index (κ2) is 8.11. The second-order valence-corrected chi connectivity index (χ2v) is 6.33. The van der Waals surface area contributed by atoms with E-state index in [0.717, 1.165) is 32.0 Å². The first kappa shape index (κ1) is 18.1. The summed E-state index contributed by atoms with van der Waals surface area (Å²) in [6.45, 7) is 3.22. The molecule has 0 radical (unpaired) electrons. The molecule has 1 aliphatic heterocycles. The molecule has 1 amide bonds. The highest BCUT2D eigenvalue weighted by Crippen LogP contribution is 2.26. The van der Waals surface area contributed by atoms with Crippen LogP contribution in [0.15, 0.2) is 42.6 Å². The van der Waals surface area contributed by atoms with Crippen LogP contribution in [0.1, 0.15) is 0 Å². The van der Waals surface area contributed by atoms with Crippen LogP contribution in [-0.2, 0) is 4.79 Å². The number of carbonyl (C=O) groups is 1. The Kier molecular flexibility index (Phi) is 5.65. The number of nitro benzene ring substituents is 1. The predicted octanol–water partition coefficient (Wildman–Crippen LogP) is 2.40. The number of non-ortho nitro benzene ring substituents is 1. The minimum atomic E-state index is -0.525. The molecule has 1 fully saturated rings. The molecule has 0 spiro atoms. The zero-order valence-electron chi connectivity index (χ0n) is 14.0. The molecule has 1 aliphatic rings. The molecular formula is C17H18ClN5O3. The van der Waals surface area contributed by atoms with Crippen LogP contribution in [0.3, 0.4) is 0 Å². The summed E-state index contributed by atoms with van der Waals surface area (Å²) in [5.74, 6) is 0.679. The molecule has 1 aromatic carbocycles. The van der Waals surface area contributed by atoms with Gasteiger partial charge in [0.25, 0.3) is 5.69 Å². The van der Waals surface area contributed by atoms with E-state index < -0.39 is 4.92 Å². The minimum Gasteiger partial charge on any atom is -0.354 e. The van der Waals surface area contributed by atoms with E-state index >= 15 is 0 Å². The highest BCUT2D eigenvalue weighted by atomic mass is 35.5. The summed E-state index contributed by atoms with van der Waals surface area (Å²) in [6.07, 6.45) is 1.76. The van der Waals surface area contributed by atoms with E-state index in [2.05, 4.69) is 15.2 Å². The Morgan fingerprint density at radius 2 is 2.00 bits per heavy atom. The maximum atomic E-state index is 12.3. The number of aromatic nitrogens is 1. The molecule has 0 bridgehead atoms. The normalized spacial score (nSPS) is 14.9. The number of nitrogens with one attached hydrogen (secondary N) is 1. The SMILES string of the molecule is O=C(CN1CCN(c2ccccn2)CC1)Nc1cc([N+](=O)[O-])ccc1Cl. The summed E-state index contributed by atoms with van der Waals surface area (Å²) >= 11 is 6.01. The Bertz CT molecular complexity index is 794. The third kappa shape index (κ3) is 4.47. The van der Waals surface area contributed by atoms with Crippen molar-refractivity contribution in [3.05, 3.63) is 57.7 Å². The van der Waals surface area contributed by atoms with Gasteiger partial charge in [-0.05, 0) is 18.2 Å². The number of anilines is 2. The van der Waals surface area contributed by atoms with Gasteiger partial charge in [0.2, 0.25) is 5.91 Å². The molecule has 0 aliphatic carbocycles. The van der Waals surface area contributed by atoms with E-state index in [9.17, 15) is 14.9 Å². The topological polar surface area (TPSA) is 91.6 Å². The van der Waals surface area contributed by atoms with E-state index in [-0.39, 0.29) is 28.8 Å². The van der Waals surface area contributed by atoms with Crippen molar-refractivity contribution < 1.29 is 9.72 Å². The van der Waals surface area contributed by atoms with Gasteiger partial charge >= 0.3 is 0 Å². The van der Waals surface area contributed by atoms with Crippen LogP contribution >= 0.6 is 11.6 Å². The molecule has 3 rings (SSSR count). The molecule has 26 heavy (non-hydrogen) atoms. The Morgan fingerprint density at radius 3 is 2.65 bits per heavy atom. The average molecular weight is 376 g/mol. The maximum absolute atomic E-state index is 12.3. The van der Waals surface area contributed by atoms with Crippen molar-refractivity contribution in [3.63, 3.8) is 0 Å². The smallest absolute Gasteiger partial charge is 0.271 e. The van der Waals surface area contributed by atoms with Crippen LogP contribution in [0.5, 0.6) is 0 Å². The van der Waals surface area contributed by atoms with Crippen LogP contribution in [0.4, 0.5) is 17.2 Å². The summed E-state index contributed by atoms with van der Waals surface area (Å²) < 4.78 is 0. The molecule has 0 unspecified atom stereocenters. The lowest BCUT2D eigenvalue weighted by atomic mass is 10.2. The number of amides is 1. The fourth-order valence-electron chi connectivity index (χ4n) is 2.79. The van der Waals surface area contributed by atoms with Crippen molar-refractivity contribution in [3.8, 4) is 0 Å². The predicted molar refractivity (Wildman–Crippen MR) is 99.6 cm³/mol. The fraction of sp³-hybridized carbons (Fsp3) is 0.294. The lowest BCUT2D eigenvalue weighted by molar-refractivity contribution is -0.384. The largest absolute Gasteiger partial charge is 0.354 e. The van der Waals surface area contributed by atoms with E-state index in [1.807, 2.05) is 23.1 Å². The molecule has 136 valence electrons. The van der Waals surface area contributed by atoms with Gasteiger partial charge < -0.3 is 10.2 Å². The lowest BCUT2D eigenvalue weighted by Crippen LogP contribution is -2.48. The van der Waals surface area contributed by atoms with E-state index in [1.54, 1.807) is 6.20 Å². The van der Waals surface area contributed by atoms with Gasteiger partial charge in [-0.3, -0.25) is 19.8 Å². The summed E-state index contributed by atoms with van der Waals surface area (Å²) in [5, 5.41) is 13.8. The lowest BCUT2D eigenvalue weighted by Gasteiger charge is -2.34. The number of nitrogens with zero attached hydrogens (tertiary/aromatic N) is 4. The number of hydrogen-bond donors (Lipinski definition) is 1. The van der Waals surface area contributed by atoms with Crippen LogP contribution in [0.25, 0.3) is 0 Å². The Balaban J connectivity index is 1.53. The Labute approximate surface area is 155 Å². The summed E-state index contributed by atoms with van der Waals surface area (Å²) in [6, 6.07) is 9.76. The molecule has 8 nitrogen and oxygen atoms in total. The number of hydrogen-bond acceptors (Lipinski definition) is 6. The van der Waals surface area contributed by atoms with Gasteiger partial charge in [0.1, 0.15) is 5.82 Å². The van der Waals surface area contributed by atoms with E-state index in [0.29, 0.717) is 0 Å². The zero-order chi connectivity index (χ0) is 18.5. The average Bonchev–Trinajstić information content (AvgIpc) is 2.64. The molecule has 2 heterocycles. The van der Waals surface area contributed by atoms with Crippen molar-refractivity contribution in [1.29, 1.82) is 0 Å². The van der Waals surface area contributed by atoms with Crippen LogP contribution in [-0.4, -0.2) is 53.4 Å². The van der Waals surface area contributed by atoms with E-state index in [1.165, 1.54) is 18.2 Å². The molecular weight excluding hydrogens is 358 g/mol. The molecule has 2 aromatic rings. The fourth-order valence-corrected chi connectivity index (χ4v) is 2.96. The number of rotatable bonds is 5. The van der Waals surface area contributed by atoms with Gasteiger partial charge in [0.05, 0.1) is 22.2 Å². The van der Waals surface area contributed by atoms with Gasteiger partial charge in [-0.25, -0.2) is 4.98 Å². The first-order valence-corrected chi connectivity index (χ1v) is 8.53. The van der Waals surface area contributed by atoms with Crippen LogP contribution in [0, 0.1) is 10.1 Å². The van der Waals surface area contributed by atoms with E-state index in [4.69, 9.17) is 11.6 Å². The number of pyridine rings is 1. The Morgan fingerprint density at radius 1 is 1.23 bits per heavy atom.